The van der Waals surface area contributed by atoms with Crippen LogP contribution < -0.4 is 10.6 Å². The molecule has 2 aromatic carbocycles. The van der Waals surface area contributed by atoms with Crippen LogP contribution >= 0.6 is 11.6 Å². The molecule has 0 radical (unpaired) electrons. The molecule has 1 aromatic heterocycles. The highest BCUT2D eigenvalue weighted by molar-refractivity contribution is 6.33. The van der Waals surface area contributed by atoms with Gasteiger partial charge in [0.25, 0.3) is 5.91 Å². The molecule has 0 spiro atoms. The lowest BCUT2D eigenvalue weighted by Crippen LogP contribution is -2.14. The second kappa shape index (κ2) is 6.94. The van der Waals surface area contributed by atoms with Crippen LogP contribution in [0.3, 0.4) is 0 Å². The number of benzene rings is 2. The molecule has 5 heteroatoms. The fourth-order valence-electron chi connectivity index (χ4n) is 2.12. The van der Waals surface area contributed by atoms with Crippen molar-refractivity contribution in [1.29, 1.82) is 0 Å². The normalized spacial score (nSPS) is 10.1. The maximum Gasteiger partial charge on any atom is 0.258 e. The number of hydrogen-bond acceptors (Lipinski definition) is 3. The van der Waals surface area contributed by atoms with Crippen molar-refractivity contribution in [3.8, 4) is 0 Å². The summed E-state index contributed by atoms with van der Waals surface area (Å²) in [6, 6.07) is 20.5. The number of para-hydroxylation sites is 3. The maximum absolute atomic E-state index is 12.4. The largest absolute Gasteiger partial charge is 0.354 e. The van der Waals surface area contributed by atoms with Gasteiger partial charge in [0, 0.05) is 11.9 Å². The third-order valence-electron chi connectivity index (χ3n) is 3.23. The highest BCUT2D eigenvalue weighted by Crippen LogP contribution is 2.26. The molecule has 3 rings (SSSR count). The van der Waals surface area contributed by atoms with Gasteiger partial charge in [0.1, 0.15) is 5.15 Å². The zero-order chi connectivity index (χ0) is 16.1. The van der Waals surface area contributed by atoms with E-state index in [1.54, 1.807) is 18.3 Å². The van der Waals surface area contributed by atoms with Crippen LogP contribution in [0, 0.1) is 0 Å². The van der Waals surface area contributed by atoms with E-state index in [9.17, 15) is 4.79 Å². The Bertz CT molecular complexity index is 821. The number of pyridine rings is 1. The smallest absolute Gasteiger partial charge is 0.258 e. The molecule has 114 valence electrons. The zero-order valence-corrected chi connectivity index (χ0v) is 12.9. The molecule has 0 saturated heterocycles. The number of halogens is 1. The first-order valence-corrected chi connectivity index (χ1v) is 7.45. The molecule has 0 bridgehead atoms. The lowest BCUT2D eigenvalue weighted by Gasteiger charge is -2.13. The molecule has 0 unspecified atom stereocenters. The first-order valence-electron chi connectivity index (χ1n) is 7.07. The fourth-order valence-corrected chi connectivity index (χ4v) is 2.33. The molecular formula is C18H14ClN3O. The van der Waals surface area contributed by atoms with Crippen molar-refractivity contribution in [3.63, 3.8) is 0 Å². The summed E-state index contributed by atoms with van der Waals surface area (Å²) < 4.78 is 0. The summed E-state index contributed by atoms with van der Waals surface area (Å²) in [6.07, 6.45) is 1.55. The Morgan fingerprint density at radius 2 is 1.57 bits per heavy atom. The summed E-state index contributed by atoms with van der Waals surface area (Å²) in [5.74, 6) is -0.301. The molecule has 0 atom stereocenters. The third-order valence-corrected chi connectivity index (χ3v) is 3.53. The predicted molar refractivity (Wildman–Crippen MR) is 93.4 cm³/mol. The summed E-state index contributed by atoms with van der Waals surface area (Å²) in [5, 5.41) is 6.32. The minimum Gasteiger partial charge on any atom is -0.354 e. The van der Waals surface area contributed by atoms with E-state index in [1.807, 2.05) is 54.6 Å². The molecule has 23 heavy (non-hydrogen) atoms. The van der Waals surface area contributed by atoms with E-state index >= 15 is 0 Å². The quantitative estimate of drug-likeness (QED) is 0.682. The minimum absolute atomic E-state index is 0.179. The van der Waals surface area contributed by atoms with E-state index in [0.717, 1.165) is 11.4 Å². The van der Waals surface area contributed by atoms with Gasteiger partial charge < -0.3 is 10.6 Å². The van der Waals surface area contributed by atoms with Crippen molar-refractivity contribution in [3.05, 3.63) is 83.6 Å². The van der Waals surface area contributed by atoms with E-state index in [-0.39, 0.29) is 11.1 Å². The number of hydrogen-bond donors (Lipinski definition) is 2. The highest BCUT2D eigenvalue weighted by atomic mass is 35.5. The zero-order valence-electron chi connectivity index (χ0n) is 12.2. The van der Waals surface area contributed by atoms with Crippen LogP contribution in [0.2, 0.25) is 5.15 Å². The van der Waals surface area contributed by atoms with Gasteiger partial charge in [0.15, 0.2) is 0 Å². The summed E-state index contributed by atoms with van der Waals surface area (Å²) in [4.78, 5) is 16.3. The summed E-state index contributed by atoms with van der Waals surface area (Å²) in [6.45, 7) is 0. The molecule has 4 nitrogen and oxygen atoms in total. The Labute approximate surface area is 139 Å². The monoisotopic (exact) mass is 323 g/mol. The van der Waals surface area contributed by atoms with Crippen LogP contribution in [0.5, 0.6) is 0 Å². The number of aromatic nitrogens is 1. The van der Waals surface area contributed by atoms with E-state index in [4.69, 9.17) is 11.6 Å². The van der Waals surface area contributed by atoms with Gasteiger partial charge in [-0.15, -0.1) is 0 Å². The Kier molecular flexibility index (Phi) is 4.54. The topological polar surface area (TPSA) is 54.0 Å². The first-order chi connectivity index (χ1) is 11.2. The standard InChI is InChI=1S/C18H14ClN3O/c19-17-14(9-6-12-20-17)18(23)22-16-11-5-4-10-15(16)21-13-7-2-1-3-8-13/h1-12,21H,(H,22,23). The Balaban J connectivity index is 1.84. The molecule has 3 aromatic rings. The van der Waals surface area contributed by atoms with Crippen molar-refractivity contribution >= 4 is 34.6 Å². The number of nitrogens with one attached hydrogen (secondary N) is 2. The minimum atomic E-state index is -0.301. The Morgan fingerprint density at radius 1 is 0.870 bits per heavy atom. The molecule has 1 amide bonds. The van der Waals surface area contributed by atoms with Gasteiger partial charge in [-0.1, -0.05) is 41.9 Å². The Morgan fingerprint density at radius 3 is 2.30 bits per heavy atom. The van der Waals surface area contributed by atoms with Gasteiger partial charge in [0.2, 0.25) is 0 Å². The number of amides is 1. The van der Waals surface area contributed by atoms with Gasteiger partial charge >= 0.3 is 0 Å². The molecule has 1 heterocycles. The average Bonchev–Trinajstić information content (AvgIpc) is 2.58. The van der Waals surface area contributed by atoms with Gasteiger partial charge in [-0.2, -0.15) is 0 Å². The van der Waals surface area contributed by atoms with Crippen molar-refractivity contribution < 1.29 is 4.79 Å². The number of anilines is 3. The summed E-state index contributed by atoms with van der Waals surface area (Å²) in [7, 11) is 0. The molecule has 0 saturated carbocycles. The van der Waals surface area contributed by atoms with Crippen LogP contribution in [0.15, 0.2) is 72.9 Å². The van der Waals surface area contributed by atoms with Crippen LogP contribution in [-0.2, 0) is 0 Å². The van der Waals surface area contributed by atoms with Crippen molar-refractivity contribution in [2.75, 3.05) is 10.6 Å². The van der Waals surface area contributed by atoms with Gasteiger partial charge in [-0.3, -0.25) is 4.79 Å². The molecule has 2 N–H and O–H groups in total. The predicted octanol–water partition coefficient (Wildman–Crippen LogP) is 4.73. The third kappa shape index (κ3) is 3.67. The molecule has 0 aliphatic rings. The number of carbonyl (C=O) groups excluding carboxylic acids is 1. The molecular weight excluding hydrogens is 310 g/mol. The lowest BCUT2D eigenvalue weighted by molar-refractivity contribution is 0.102. The van der Waals surface area contributed by atoms with E-state index in [0.29, 0.717) is 11.3 Å². The van der Waals surface area contributed by atoms with Gasteiger partial charge in [-0.25, -0.2) is 4.98 Å². The summed E-state index contributed by atoms with van der Waals surface area (Å²) >= 11 is 5.97. The fraction of sp³-hybridized carbons (Fsp3) is 0. The first kappa shape index (κ1) is 15.1. The van der Waals surface area contributed by atoms with Crippen molar-refractivity contribution in [1.82, 2.24) is 4.98 Å². The van der Waals surface area contributed by atoms with Crippen LogP contribution in [-0.4, -0.2) is 10.9 Å². The lowest BCUT2D eigenvalue weighted by atomic mass is 10.2. The number of nitrogens with zero attached hydrogens (tertiary/aromatic N) is 1. The average molecular weight is 324 g/mol. The van der Waals surface area contributed by atoms with Crippen molar-refractivity contribution in [2.24, 2.45) is 0 Å². The molecule has 0 fully saturated rings. The van der Waals surface area contributed by atoms with Crippen LogP contribution in [0.4, 0.5) is 17.1 Å². The molecule has 0 aliphatic heterocycles. The van der Waals surface area contributed by atoms with Gasteiger partial charge in [-0.05, 0) is 36.4 Å². The number of carbonyl (C=O) groups is 1. The summed E-state index contributed by atoms with van der Waals surface area (Å²) in [5.41, 5.74) is 2.74. The number of rotatable bonds is 4. The Hall–Kier alpha value is -2.85. The maximum atomic E-state index is 12.4. The molecule has 0 aliphatic carbocycles. The highest BCUT2D eigenvalue weighted by Gasteiger charge is 2.12. The van der Waals surface area contributed by atoms with Crippen molar-refractivity contribution in [2.45, 2.75) is 0 Å². The second-order valence-electron chi connectivity index (χ2n) is 4.83. The van der Waals surface area contributed by atoms with Crippen LogP contribution in [0.1, 0.15) is 10.4 Å². The van der Waals surface area contributed by atoms with Gasteiger partial charge in [0.05, 0.1) is 16.9 Å². The van der Waals surface area contributed by atoms with E-state index < -0.39 is 0 Å². The van der Waals surface area contributed by atoms with E-state index in [2.05, 4.69) is 15.6 Å². The van der Waals surface area contributed by atoms with E-state index in [1.165, 1.54) is 0 Å². The second-order valence-corrected chi connectivity index (χ2v) is 5.19. The van der Waals surface area contributed by atoms with Crippen LogP contribution in [0.25, 0.3) is 0 Å². The SMILES string of the molecule is O=C(Nc1ccccc1Nc1ccccc1)c1cccnc1Cl.